The van der Waals surface area contributed by atoms with Gasteiger partial charge in [0.1, 0.15) is 5.75 Å². The number of urea groups is 1. The van der Waals surface area contributed by atoms with E-state index in [1.54, 1.807) is 19.5 Å². The molecular formula is C23H22N6O3S. The van der Waals surface area contributed by atoms with Crippen LogP contribution in [0.3, 0.4) is 0 Å². The summed E-state index contributed by atoms with van der Waals surface area (Å²) in [5.41, 5.74) is 3.97. The Morgan fingerprint density at radius 2 is 2.12 bits per heavy atom. The number of hydrogen-bond donors (Lipinski definition) is 2. The molecule has 9 nitrogen and oxygen atoms in total. The first-order valence-corrected chi connectivity index (χ1v) is 11.3. The van der Waals surface area contributed by atoms with Crippen molar-refractivity contribution in [2.75, 3.05) is 19.0 Å². The maximum absolute atomic E-state index is 12.3. The molecule has 0 bridgehead atoms. The molecule has 2 N–H and O–H groups in total. The van der Waals surface area contributed by atoms with Gasteiger partial charge >= 0.3 is 6.03 Å². The molecule has 0 radical (unpaired) electrons. The molecule has 0 spiro atoms. The van der Waals surface area contributed by atoms with Gasteiger partial charge in [-0.2, -0.15) is 4.98 Å². The number of amides is 2. The summed E-state index contributed by atoms with van der Waals surface area (Å²) in [5, 5.41) is 10.1. The van der Waals surface area contributed by atoms with Gasteiger partial charge in [0.2, 0.25) is 5.89 Å². The van der Waals surface area contributed by atoms with Crippen LogP contribution >= 0.6 is 11.3 Å². The van der Waals surface area contributed by atoms with Crippen molar-refractivity contribution in [2.45, 2.75) is 25.2 Å². The zero-order chi connectivity index (χ0) is 22.8. The van der Waals surface area contributed by atoms with Gasteiger partial charge in [-0.3, -0.25) is 10.3 Å². The van der Waals surface area contributed by atoms with Crippen LogP contribution in [0.15, 0.2) is 53.3 Å². The third-order valence-electron chi connectivity index (χ3n) is 5.43. The first-order valence-electron chi connectivity index (χ1n) is 10.5. The van der Waals surface area contributed by atoms with Gasteiger partial charge in [-0.15, -0.1) is 0 Å². The van der Waals surface area contributed by atoms with Crippen molar-refractivity contribution >= 4 is 32.7 Å². The molecule has 0 saturated heterocycles. The van der Waals surface area contributed by atoms with E-state index in [4.69, 9.17) is 9.26 Å². The molecule has 0 aliphatic heterocycles. The van der Waals surface area contributed by atoms with E-state index >= 15 is 0 Å². The van der Waals surface area contributed by atoms with Gasteiger partial charge in [0.15, 0.2) is 11.0 Å². The second-order valence-corrected chi connectivity index (χ2v) is 8.88. The number of carbonyl (C=O) groups is 1. The molecule has 0 atom stereocenters. The number of allylic oxidation sites excluding steroid dienone is 1. The van der Waals surface area contributed by atoms with Gasteiger partial charge < -0.3 is 14.6 Å². The number of aromatic nitrogens is 4. The third kappa shape index (κ3) is 4.70. The zero-order valence-electron chi connectivity index (χ0n) is 18.0. The summed E-state index contributed by atoms with van der Waals surface area (Å²) < 4.78 is 11.5. The van der Waals surface area contributed by atoms with Crippen LogP contribution in [0.5, 0.6) is 5.75 Å². The van der Waals surface area contributed by atoms with Crippen molar-refractivity contribution in [3.8, 4) is 16.9 Å². The van der Waals surface area contributed by atoms with Gasteiger partial charge in [-0.25, -0.2) is 9.78 Å². The second-order valence-electron chi connectivity index (χ2n) is 7.85. The first-order chi connectivity index (χ1) is 16.1. The fourth-order valence-electron chi connectivity index (χ4n) is 3.62. The Bertz CT molecular complexity index is 1320. The lowest BCUT2D eigenvalue weighted by atomic mass is 9.81. The number of methoxy groups -OCH3 is 1. The molecular weight excluding hydrogens is 440 g/mol. The van der Waals surface area contributed by atoms with Gasteiger partial charge in [0.05, 0.1) is 23.5 Å². The first kappa shape index (κ1) is 21.1. The highest BCUT2D eigenvalue weighted by Crippen LogP contribution is 2.39. The number of pyridine rings is 1. The number of ether oxygens (including phenoxy) is 1. The number of benzene rings is 1. The molecule has 3 aromatic heterocycles. The van der Waals surface area contributed by atoms with Crippen molar-refractivity contribution in [3.05, 3.63) is 60.5 Å². The van der Waals surface area contributed by atoms with E-state index in [1.165, 1.54) is 16.9 Å². The van der Waals surface area contributed by atoms with Crippen molar-refractivity contribution in [2.24, 2.45) is 0 Å². The number of rotatable bonds is 7. The number of fused-ring (bicyclic) bond motifs is 1. The lowest BCUT2D eigenvalue weighted by Gasteiger charge is -2.24. The minimum absolute atomic E-state index is 0.287. The topological polar surface area (TPSA) is 115 Å². The number of thiazole rings is 1. The van der Waals surface area contributed by atoms with E-state index < -0.39 is 0 Å². The summed E-state index contributed by atoms with van der Waals surface area (Å²) in [5.74, 6) is 2.22. The van der Waals surface area contributed by atoms with Crippen LogP contribution in [-0.2, 0) is 6.42 Å². The molecule has 2 amide bonds. The molecule has 1 aliphatic rings. The molecule has 33 heavy (non-hydrogen) atoms. The van der Waals surface area contributed by atoms with Crippen molar-refractivity contribution in [1.29, 1.82) is 0 Å². The number of nitrogens with one attached hydrogen (secondary N) is 2. The van der Waals surface area contributed by atoms with E-state index in [0.29, 0.717) is 35.6 Å². The lowest BCUT2D eigenvalue weighted by molar-refractivity contribution is 0.252. The molecule has 1 aromatic carbocycles. The van der Waals surface area contributed by atoms with Crippen LogP contribution in [0, 0.1) is 0 Å². The molecule has 5 rings (SSSR count). The molecule has 1 fully saturated rings. The van der Waals surface area contributed by atoms with E-state index in [1.807, 2.05) is 24.3 Å². The van der Waals surface area contributed by atoms with Gasteiger partial charge in [0.25, 0.3) is 0 Å². The van der Waals surface area contributed by atoms with E-state index in [9.17, 15) is 4.79 Å². The van der Waals surface area contributed by atoms with E-state index in [2.05, 4.69) is 37.3 Å². The molecule has 4 aromatic rings. The van der Waals surface area contributed by atoms with Crippen LogP contribution in [0.4, 0.5) is 9.93 Å². The highest BCUT2D eigenvalue weighted by Gasteiger charge is 2.28. The highest BCUT2D eigenvalue weighted by molar-refractivity contribution is 7.22. The quantitative estimate of drug-likeness (QED) is 0.387. The van der Waals surface area contributed by atoms with Gasteiger partial charge in [-0.1, -0.05) is 34.7 Å². The summed E-state index contributed by atoms with van der Waals surface area (Å²) in [6, 6.07) is 7.52. The summed E-state index contributed by atoms with van der Waals surface area (Å²) in [4.78, 5) is 25.4. The Morgan fingerprint density at radius 3 is 2.94 bits per heavy atom. The SMILES string of the molecule is C=C1CC(c2nc(CCNC(=O)Nc3nc4ccc(-c5cncc(OC)c5)cc4s3)no2)C1. The van der Waals surface area contributed by atoms with Crippen LogP contribution in [-0.4, -0.2) is 39.8 Å². The Hall–Kier alpha value is -3.79. The minimum Gasteiger partial charge on any atom is -0.495 e. The van der Waals surface area contributed by atoms with Crippen LogP contribution in [0.2, 0.25) is 0 Å². The average molecular weight is 463 g/mol. The Kier molecular flexibility index (Phi) is 5.74. The van der Waals surface area contributed by atoms with Gasteiger partial charge in [0, 0.05) is 30.6 Å². The maximum atomic E-state index is 12.3. The monoisotopic (exact) mass is 462 g/mol. The minimum atomic E-state index is -0.328. The Balaban J connectivity index is 1.17. The molecule has 1 aliphatic carbocycles. The molecule has 10 heteroatoms. The fraction of sp³-hybridized carbons (Fsp3) is 0.261. The summed E-state index contributed by atoms with van der Waals surface area (Å²) in [6.07, 6.45) is 5.75. The predicted molar refractivity (Wildman–Crippen MR) is 126 cm³/mol. The standard InChI is InChI=1S/C23H22N6O3S/c1-13-7-15(8-13)21-27-20(29-32-21)5-6-25-22(30)28-23-26-18-4-3-14(10-19(18)33-23)16-9-17(31-2)12-24-11-16/h3-4,9-12,15H,1,5-8H2,2H3,(H2,25,26,28,30). The van der Waals surface area contributed by atoms with Crippen LogP contribution in [0.1, 0.15) is 30.5 Å². The number of nitrogens with zero attached hydrogens (tertiary/aromatic N) is 4. The molecule has 1 saturated carbocycles. The summed E-state index contributed by atoms with van der Waals surface area (Å²) >= 11 is 1.41. The largest absolute Gasteiger partial charge is 0.495 e. The lowest BCUT2D eigenvalue weighted by Crippen LogP contribution is -2.30. The highest BCUT2D eigenvalue weighted by atomic mass is 32.1. The third-order valence-corrected chi connectivity index (χ3v) is 6.36. The van der Waals surface area contributed by atoms with Crippen LogP contribution < -0.4 is 15.4 Å². The summed E-state index contributed by atoms with van der Waals surface area (Å²) in [6.45, 7) is 4.32. The summed E-state index contributed by atoms with van der Waals surface area (Å²) in [7, 11) is 1.61. The molecule has 0 unspecified atom stereocenters. The average Bonchev–Trinajstić information content (AvgIpc) is 3.42. The van der Waals surface area contributed by atoms with Crippen LogP contribution in [0.25, 0.3) is 21.3 Å². The Labute approximate surface area is 193 Å². The number of anilines is 1. The second kappa shape index (κ2) is 8.99. The zero-order valence-corrected chi connectivity index (χ0v) is 18.8. The molecule has 168 valence electrons. The normalized spacial score (nSPS) is 13.7. The van der Waals surface area contributed by atoms with Crippen molar-refractivity contribution in [3.63, 3.8) is 0 Å². The molecule has 3 heterocycles. The maximum Gasteiger partial charge on any atom is 0.321 e. The number of carbonyl (C=O) groups excluding carboxylic acids is 1. The van der Waals surface area contributed by atoms with Crippen molar-refractivity contribution in [1.82, 2.24) is 25.4 Å². The Morgan fingerprint density at radius 1 is 1.24 bits per heavy atom. The van der Waals surface area contributed by atoms with Gasteiger partial charge in [-0.05, 0) is 36.6 Å². The van der Waals surface area contributed by atoms with E-state index in [-0.39, 0.29) is 11.9 Å². The predicted octanol–water partition coefficient (Wildman–Crippen LogP) is 4.55. The van der Waals surface area contributed by atoms with Crippen molar-refractivity contribution < 1.29 is 14.1 Å². The fourth-order valence-corrected chi connectivity index (χ4v) is 4.52. The van der Waals surface area contributed by atoms with E-state index in [0.717, 1.165) is 34.2 Å². The number of hydrogen-bond acceptors (Lipinski definition) is 8. The smallest absolute Gasteiger partial charge is 0.321 e.